The van der Waals surface area contributed by atoms with Gasteiger partial charge in [0.2, 0.25) is 5.91 Å². The Hall–Kier alpha value is -0.610. The van der Waals surface area contributed by atoms with Crippen LogP contribution in [0, 0.1) is 5.41 Å². The number of rotatable bonds is 2. The second-order valence-corrected chi connectivity index (χ2v) is 6.46. The minimum Gasteiger partial charge on any atom is -0.337 e. The Morgan fingerprint density at radius 2 is 1.76 bits per heavy atom. The molecule has 0 aromatic heterocycles. The normalized spacial score (nSPS) is 23.9. The fourth-order valence-electron chi connectivity index (χ4n) is 2.08. The lowest BCUT2D eigenvalue weighted by atomic mass is 9.74. The van der Waals surface area contributed by atoms with Crippen molar-refractivity contribution in [2.24, 2.45) is 11.1 Å². The van der Waals surface area contributed by atoms with E-state index in [9.17, 15) is 4.79 Å². The predicted octanol–water partition coefficient (Wildman–Crippen LogP) is 0.912. The van der Waals surface area contributed by atoms with Crippen LogP contribution in [0.2, 0.25) is 0 Å². The highest BCUT2D eigenvalue weighted by molar-refractivity contribution is 5.83. The third-order valence-electron chi connectivity index (χ3n) is 4.24. The summed E-state index contributed by atoms with van der Waals surface area (Å²) in [6.45, 7) is 12.5. The van der Waals surface area contributed by atoms with E-state index in [-0.39, 0.29) is 11.9 Å². The highest BCUT2D eigenvalue weighted by Gasteiger charge is 2.44. The number of amides is 1. The van der Waals surface area contributed by atoms with Gasteiger partial charge in [0.1, 0.15) is 0 Å². The van der Waals surface area contributed by atoms with Crippen molar-refractivity contribution < 1.29 is 4.79 Å². The van der Waals surface area contributed by atoms with Gasteiger partial charge in [-0.1, -0.05) is 0 Å². The Bertz CT molecular complexity index is 294. The van der Waals surface area contributed by atoms with Gasteiger partial charge < -0.3 is 15.5 Å². The number of nitrogens with two attached hydrogens (primary N) is 1. The monoisotopic (exact) mass is 241 g/mol. The first kappa shape index (κ1) is 14.5. The van der Waals surface area contributed by atoms with Gasteiger partial charge in [0.05, 0.1) is 5.41 Å². The Morgan fingerprint density at radius 1 is 1.24 bits per heavy atom. The van der Waals surface area contributed by atoms with Crippen molar-refractivity contribution in [2.75, 3.05) is 26.7 Å². The predicted molar refractivity (Wildman–Crippen MR) is 70.7 cm³/mol. The van der Waals surface area contributed by atoms with Gasteiger partial charge in [0.25, 0.3) is 0 Å². The molecule has 4 nitrogen and oxygen atoms in total. The second-order valence-electron chi connectivity index (χ2n) is 6.46. The highest BCUT2D eigenvalue weighted by atomic mass is 16.2. The first-order valence-electron chi connectivity index (χ1n) is 6.36. The van der Waals surface area contributed by atoms with E-state index in [2.05, 4.69) is 18.9 Å². The maximum absolute atomic E-state index is 12.6. The van der Waals surface area contributed by atoms with Gasteiger partial charge in [-0.2, -0.15) is 0 Å². The molecule has 0 bridgehead atoms. The topological polar surface area (TPSA) is 49.6 Å². The SMILES string of the molecule is CC1CN(C)CCN1C(=O)C(C)(C)C(C)(C)N. The quantitative estimate of drug-likeness (QED) is 0.782. The Kier molecular flexibility index (Phi) is 3.89. The molecule has 1 amide bonds. The lowest BCUT2D eigenvalue weighted by Crippen LogP contribution is -2.61. The maximum atomic E-state index is 12.6. The molecule has 0 aromatic rings. The number of piperazine rings is 1. The number of hydrogen-bond donors (Lipinski definition) is 1. The fourth-order valence-corrected chi connectivity index (χ4v) is 2.08. The van der Waals surface area contributed by atoms with E-state index in [1.807, 2.05) is 32.6 Å². The summed E-state index contributed by atoms with van der Waals surface area (Å²) in [5.41, 5.74) is 5.10. The van der Waals surface area contributed by atoms with Crippen LogP contribution in [0.15, 0.2) is 0 Å². The first-order valence-corrected chi connectivity index (χ1v) is 6.36. The zero-order valence-corrected chi connectivity index (χ0v) is 12.1. The zero-order chi connectivity index (χ0) is 13.4. The molecule has 1 saturated heterocycles. The van der Waals surface area contributed by atoms with E-state index in [0.29, 0.717) is 0 Å². The Labute approximate surface area is 105 Å². The molecule has 1 atom stereocenters. The minimum atomic E-state index is -0.531. The van der Waals surface area contributed by atoms with E-state index in [1.54, 1.807) is 0 Å². The molecule has 17 heavy (non-hydrogen) atoms. The summed E-state index contributed by atoms with van der Waals surface area (Å²) in [7, 11) is 2.09. The lowest BCUT2D eigenvalue weighted by Gasteiger charge is -2.45. The molecule has 0 aromatic carbocycles. The van der Waals surface area contributed by atoms with E-state index in [4.69, 9.17) is 5.73 Å². The van der Waals surface area contributed by atoms with Crippen molar-refractivity contribution in [2.45, 2.75) is 46.2 Å². The molecule has 2 N–H and O–H groups in total. The van der Waals surface area contributed by atoms with Crippen LogP contribution in [0.3, 0.4) is 0 Å². The molecule has 0 radical (unpaired) electrons. The fraction of sp³-hybridized carbons (Fsp3) is 0.923. The molecule has 0 spiro atoms. The lowest BCUT2D eigenvalue weighted by molar-refractivity contribution is -0.147. The number of nitrogens with zero attached hydrogens (tertiary/aromatic N) is 2. The molecule has 1 heterocycles. The van der Waals surface area contributed by atoms with Crippen molar-refractivity contribution in [3.8, 4) is 0 Å². The van der Waals surface area contributed by atoms with Crippen LogP contribution in [0.25, 0.3) is 0 Å². The molecule has 1 fully saturated rings. The number of likely N-dealkylation sites (N-methyl/N-ethyl adjacent to an activating group) is 1. The van der Waals surface area contributed by atoms with E-state index < -0.39 is 11.0 Å². The molecule has 0 aliphatic carbocycles. The Balaban J connectivity index is 2.83. The van der Waals surface area contributed by atoms with Gasteiger partial charge in [0, 0.05) is 31.2 Å². The van der Waals surface area contributed by atoms with Gasteiger partial charge in [-0.05, 0) is 41.7 Å². The first-order chi connectivity index (χ1) is 7.57. The Morgan fingerprint density at radius 3 is 2.18 bits per heavy atom. The van der Waals surface area contributed by atoms with E-state index in [1.165, 1.54) is 0 Å². The summed E-state index contributed by atoms with van der Waals surface area (Å²) in [4.78, 5) is 16.9. The van der Waals surface area contributed by atoms with Crippen LogP contribution in [-0.2, 0) is 4.79 Å². The average molecular weight is 241 g/mol. The summed E-state index contributed by atoms with van der Waals surface area (Å²) < 4.78 is 0. The molecule has 1 aliphatic rings. The summed E-state index contributed by atoms with van der Waals surface area (Å²) >= 11 is 0. The summed E-state index contributed by atoms with van der Waals surface area (Å²) in [6, 6.07) is 0.267. The van der Waals surface area contributed by atoms with Crippen molar-refractivity contribution in [1.82, 2.24) is 9.80 Å². The minimum absolute atomic E-state index is 0.172. The molecule has 0 saturated carbocycles. The number of carbonyl (C=O) groups excluding carboxylic acids is 1. The van der Waals surface area contributed by atoms with E-state index >= 15 is 0 Å². The smallest absolute Gasteiger partial charge is 0.230 e. The van der Waals surface area contributed by atoms with Crippen molar-refractivity contribution >= 4 is 5.91 Å². The van der Waals surface area contributed by atoms with Gasteiger partial charge in [0.15, 0.2) is 0 Å². The standard InChI is InChI=1S/C13H27N3O/c1-10-9-15(6)7-8-16(10)11(17)12(2,3)13(4,5)14/h10H,7-9,14H2,1-6H3. The van der Waals surface area contributed by atoms with Crippen LogP contribution in [-0.4, -0.2) is 54.0 Å². The number of hydrogen-bond acceptors (Lipinski definition) is 3. The zero-order valence-electron chi connectivity index (χ0n) is 12.1. The van der Waals surface area contributed by atoms with Gasteiger partial charge >= 0.3 is 0 Å². The molecular formula is C13H27N3O. The molecular weight excluding hydrogens is 214 g/mol. The van der Waals surface area contributed by atoms with Crippen molar-refractivity contribution in [3.63, 3.8) is 0 Å². The summed E-state index contributed by atoms with van der Waals surface area (Å²) in [6.07, 6.45) is 0. The van der Waals surface area contributed by atoms with Crippen LogP contribution < -0.4 is 5.73 Å². The molecule has 4 heteroatoms. The third-order valence-corrected chi connectivity index (χ3v) is 4.24. The molecule has 1 unspecified atom stereocenters. The van der Waals surface area contributed by atoms with Crippen LogP contribution in [0.5, 0.6) is 0 Å². The average Bonchev–Trinajstić information content (AvgIpc) is 2.14. The van der Waals surface area contributed by atoms with Gasteiger partial charge in [-0.15, -0.1) is 0 Å². The molecule has 100 valence electrons. The summed E-state index contributed by atoms with van der Waals surface area (Å²) in [5, 5.41) is 0. The second kappa shape index (κ2) is 4.58. The van der Waals surface area contributed by atoms with Gasteiger partial charge in [-0.25, -0.2) is 0 Å². The summed E-state index contributed by atoms with van der Waals surface area (Å²) in [5.74, 6) is 0.172. The highest BCUT2D eigenvalue weighted by Crippen LogP contribution is 2.31. The van der Waals surface area contributed by atoms with Crippen LogP contribution in [0.1, 0.15) is 34.6 Å². The van der Waals surface area contributed by atoms with Crippen molar-refractivity contribution in [1.29, 1.82) is 0 Å². The molecule has 1 aliphatic heterocycles. The van der Waals surface area contributed by atoms with Crippen LogP contribution in [0.4, 0.5) is 0 Å². The van der Waals surface area contributed by atoms with Gasteiger partial charge in [-0.3, -0.25) is 4.79 Å². The molecule has 1 rings (SSSR count). The third kappa shape index (κ3) is 2.80. The van der Waals surface area contributed by atoms with Crippen molar-refractivity contribution in [3.05, 3.63) is 0 Å². The van der Waals surface area contributed by atoms with Crippen LogP contribution >= 0.6 is 0 Å². The number of carbonyl (C=O) groups is 1. The van der Waals surface area contributed by atoms with E-state index in [0.717, 1.165) is 19.6 Å². The maximum Gasteiger partial charge on any atom is 0.230 e. The largest absolute Gasteiger partial charge is 0.337 e.